The molecule has 0 spiro atoms. The summed E-state index contributed by atoms with van der Waals surface area (Å²) in [5, 5.41) is 0. The Bertz CT molecular complexity index is 653. The molecule has 1 aliphatic rings. The van der Waals surface area contributed by atoms with Crippen molar-refractivity contribution < 1.29 is 9.53 Å². The molecule has 0 aliphatic carbocycles. The molecule has 20 heavy (non-hydrogen) atoms. The van der Waals surface area contributed by atoms with Gasteiger partial charge in [-0.25, -0.2) is 0 Å². The van der Waals surface area contributed by atoms with Crippen LogP contribution >= 0.6 is 0 Å². The van der Waals surface area contributed by atoms with E-state index in [-0.39, 0.29) is 11.9 Å². The molecule has 1 heterocycles. The number of hydrogen-bond acceptors (Lipinski definition) is 2. The van der Waals surface area contributed by atoms with Crippen LogP contribution in [0.4, 0.5) is 0 Å². The van der Waals surface area contributed by atoms with Gasteiger partial charge in [0.1, 0.15) is 11.9 Å². The largest absolute Gasteiger partial charge is 0.485 e. The maximum Gasteiger partial charge on any atom is 0.166 e. The SMILES string of the molecule is Cc1ccc(C(=O)CC2C=Cc3ccccc3O2)cc1. The third kappa shape index (κ3) is 2.64. The Morgan fingerprint density at radius 3 is 2.65 bits per heavy atom. The Hall–Kier alpha value is -2.35. The highest BCUT2D eigenvalue weighted by Crippen LogP contribution is 2.26. The molecule has 0 aromatic heterocycles. The van der Waals surface area contributed by atoms with Crippen molar-refractivity contribution in [3.05, 3.63) is 71.3 Å². The molecular formula is C18H16O2. The number of benzene rings is 2. The Balaban J connectivity index is 1.71. The number of aryl methyl sites for hydroxylation is 1. The van der Waals surface area contributed by atoms with Crippen molar-refractivity contribution in [3.8, 4) is 5.75 Å². The van der Waals surface area contributed by atoms with Crippen LogP contribution in [0, 0.1) is 6.92 Å². The van der Waals surface area contributed by atoms with Gasteiger partial charge in [0, 0.05) is 11.1 Å². The number of carbonyl (C=O) groups excluding carboxylic acids is 1. The quantitative estimate of drug-likeness (QED) is 0.782. The molecule has 0 bridgehead atoms. The average Bonchev–Trinajstić information content (AvgIpc) is 2.48. The first-order valence-electron chi connectivity index (χ1n) is 6.76. The highest BCUT2D eigenvalue weighted by molar-refractivity contribution is 5.96. The third-order valence-corrected chi connectivity index (χ3v) is 3.45. The van der Waals surface area contributed by atoms with Crippen molar-refractivity contribution in [1.29, 1.82) is 0 Å². The van der Waals surface area contributed by atoms with Crippen LogP contribution in [-0.2, 0) is 0 Å². The molecule has 3 rings (SSSR count). The van der Waals surface area contributed by atoms with Crippen molar-refractivity contribution in [1.82, 2.24) is 0 Å². The first-order chi connectivity index (χ1) is 9.72. The second kappa shape index (κ2) is 5.33. The van der Waals surface area contributed by atoms with E-state index >= 15 is 0 Å². The van der Waals surface area contributed by atoms with E-state index in [1.165, 1.54) is 0 Å². The van der Waals surface area contributed by atoms with Crippen LogP contribution in [0.15, 0.2) is 54.6 Å². The smallest absolute Gasteiger partial charge is 0.166 e. The van der Waals surface area contributed by atoms with Gasteiger partial charge in [-0.15, -0.1) is 0 Å². The number of carbonyl (C=O) groups is 1. The molecule has 2 aromatic carbocycles. The molecule has 2 nitrogen and oxygen atoms in total. The summed E-state index contributed by atoms with van der Waals surface area (Å²) in [6.45, 7) is 2.01. The Morgan fingerprint density at radius 2 is 1.85 bits per heavy atom. The van der Waals surface area contributed by atoms with E-state index in [1.54, 1.807) is 0 Å². The van der Waals surface area contributed by atoms with Crippen molar-refractivity contribution in [2.45, 2.75) is 19.4 Å². The number of hydrogen-bond donors (Lipinski definition) is 0. The molecule has 0 amide bonds. The summed E-state index contributed by atoms with van der Waals surface area (Å²) in [4.78, 5) is 12.2. The summed E-state index contributed by atoms with van der Waals surface area (Å²) in [5.74, 6) is 0.954. The lowest BCUT2D eigenvalue weighted by Crippen LogP contribution is -2.21. The minimum absolute atomic E-state index is 0.110. The molecular weight excluding hydrogens is 248 g/mol. The predicted octanol–water partition coefficient (Wildman–Crippen LogP) is 4.04. The van der Waals surface area contributed by atoms with Crippen molar-refractivity contribution >= 4 is 11.9 Å². The van der Waals surface area contributed by atoms with E-state index in [0.717, 1.165) is 22.4 Å². The van der Waals surface area contributed by atoms with Crippen LogP contribution in [0.3, 0.4) is 0 Å². The summed E-state index contributed by atoms with van der Waals surface area (Å²) >= 11 is 0. The number of ketones is 1. The molecule has 1 unspecified atom stereocenters. The van der Waals surface area contributed by atoms with Crippen LogP contribution in [0.25, 0.3) is 6.08 Å². The summed E-state index contributed by atoms with van der Waals surface area (Å²) in [6, 6.07) is 15.5. The predicted molar refractivity (Wildman–Crippen MR) is 80.0 cm³/mol. The van der Waals surface area contributed by atoms with Crippen molar-refractivity contribution in [2.75, 3.05) is 0 Å². The highest BCUT2D eigenvalue weighted by atomic mass is 16.5. The fourth-order valence-electron chi connectivity index (χ4n) is 2.29. The first-order valence-corrected chi connectivity index (χ1v) is 6.76. The van der Waals surface area contributed by atoms with Gasteiger partial charge in [0.2, 0.25) is 0 Å². The number of rotatable bonds is 3. The topological polar surface area (TPSA) is 26.3 Å². The second-order valence-electron chi connectivity index (χ2n) is 5.05. The standard InChI is InChI=1S/C18H16O2/c1-13-6-8-14(9-7-13)17(19)12-16-11-10-15-4-2-3-5-18(15)20-16/h2-11,16H,12H2,1H3. The summed E-state index contributed by atoms with van der Waals surface area (Å²) in [5.41, 5.74) is 2.96. The van der Waals surface area contributed by atoms with E-state index in [2.05, 4.69) is 0 Å². The number of ether oxygens (including phenoxy) is 1. The van der Waals surface area contributed by atoms with Gasteiger partial charge in [0.05, 0.1) is 6.42 Å². The first kappa shape index (κ1) is 12.7. The molecule has 1 aliphatic heterocycles. The zero-order valence-corrected chi connectivity index (χ0v) is 11.4. The van der Waals surface area contributed by atoms with Gasteiger partial charge in [0.15, 0.2) is 5.78 Å². The molecule has 0 saturated heterocycles. The van der Waals surface area contributed by atoms with Crippen LogP contribution in [-0.4, -0.2) is 11.9 Å². The molecule has 1 atom stereocenters. The highest BCUT2D eigenvalue weighted by Gasteiger charge is 2.18. The lowest BCUT2D eigenvalue weighted by Gasteiger charge is -2.20. The van der Waals surface area contributed by atoms with Gasteiger partial charge in [-0.3, -0.25) is 4.79 Å². The van der Waals surface area contributed by atoms with Gasteiger partial charge in [-0.2, -0.15) is 0 Å². The van der Waals surface area contributed by atoms with Crippen LogP contribution in [0.2, 0.25) is 0 Å². The summed E-state index contributed by atoms with van der Waals surface area (Å²) in [6.07, 6.45) is 4.16. The summed E-state index contributed by atoms with van der Waals surface area (Å²) in [7, 11) is 0. The zero-order valence-electron chi connectivity index (χ0n) is 11.4. The monoisotopic (exact) mass is 264 g/mol. The molecule has 0 N–H and O–H groups in total. The number of para-hydroxylation sites is 1. The van der Waals surface area contributed by atoms with Crippen molar-refractivity contribution in [3.63, 3.8) is 0 Å². The molecule has 2 heteroatoms. The Kier molecular flexibility index (Phi) is 3.38. The Labute approximate surface area is 118 Å². The fraction of sp³-hybridized carbons (Fsp3) is 0.167. The Morgan fingerprint density at radius 1 is 1.10 bits per heavy atom. The van der Waals surface area contributed by atoms with E-state index in [0.29, 0.717) is 6.42 Å². The van der Waals surface area contributed by atoms with Crippen molar-refractivity contribution in [2.24, 2.45) is 0 Å². The molecule has 0 radical (unpaired) electrons. The van der Waals surface area contributed by atoms with Gasteiger partial charge in [0.25, 0.3) is 0 Å². The molecule has 2 aromatic rings. The lowest BCUT2D eigenvalue weighted by molar-refractivity contribution is 0.0935. The normalized spacial score (nSPS) is 16.4. The zero-order chi connectivity index (χ0) is 13.9. The van der Waals surface area contributed by atoms with Gasteiger partial charge in [-0.1, -0.05) is 54.1 Å². The minimum atomic E-state index is -0.182. The third-order valence-electron chi connectivity index (χ3n) is 3.45. The van der Waals surface area contributed by atoms with Gasteiger partial charge < -0.3 is 4.74 Å². The van der Waals surface area contributed by atoms with E-state index in [4.69, 9.17) is 4.74 Å². The minimum Gasteiger partial charge on any atom is -0.485 e. The molecule has 0 saturated carbocycles. The molecule has 100 valence electrons. The second-order valence-corrected chi connectivity index (χ2v) is 5.05. The van der Waals surface area contributed by atoms with Crippen LogP contribution in [0.1, 0.15) is 27.9 Å². The maximum atomic E-state index is 12.2. The average molecular weight is 264 g/mol. The van der Waals surface area contributed by atoms with E-state index in [1.807, 2.05) is 67.6 Å². The van der Waals surface area contributed by atoms with Crippen LogP contribution < -0.4 is 4.74 Å². The van der Waals surface area contributed by atoms with Crippen LogP contribution in [0.5, 0.6) is 5.75 Å². The maximum absolute atomic E-state index is 12.2. The summed E-state index contributed by atoms with van der Waals surface area (Å²) < 4.78 is 5.84. The van der Waals surface area contributed by atoms with E-state index < -0.39 is 0 Å². The lowest BCUT2D eigenvalue weighted by atomic mass is 10.0. The van der Waals surface area contributed by atoms with Gasteiger partial charge >= 0.3 is 0 Å². The van der Waals surface area contributed by atoms with Gasteiger partial charge in [-0.05, 0) is 19.1 Å². The molecule has 0 fully saturated rings. The number of Topliss-reactive ketones (excluding diaryl/α,β-unsaturated/α-hetero) is 1. The fourth-order valence-corrected chi connectivity index (χ4v) is 2.29. The van der Waals surface area contributed by atoms with E-state index in [9.17, 15) is 4.79 Å². The number of fused-ring (bicyclic) bond motifs is 1.